The molecule has 0 radical (unpaired) electrons. The number of carbonyl (C=O) groups excluding carboxylic acids is 2. The van der Waals surface area contributed by atoms with Crippen molar-refractivity contribution in [3.63, 3.8) is 0 Å². The van der Waals surface area contributed by atoms with E-state index >= 15 is 0 Å². The number of thiocarbonyl (C=S) groups is 1. The minimum Gasteiger partial charge on any atom is -0.352 e. The number of unbranched alkanes of at least 4 members (excludes halogenated alkanes) is 3. The van der Waals surface area contributed by atoms with Gasteiger partial charge in [-0.15, -0.1) is 0 Å². The van der Waals surface area contributed by atoms with Crippen LogP contribution in [0.3, 0.4) is 0 Å². The van der Waals surface area contributed by atoms with E-state index in [9.17, 15) is 9.59 Å². The summed E-state index contributed by atoms with van der Waals surface area (Å²) in [6.07, 6.45) is 4.63. The summed E-state index contributed by atoms with van der Waals surface area (Å²) in [4.78, 5) is 23.8. The summed E-state index contributed by atoms with van der Waals surface area (Å²) in [5, 5.41) is 8.53. The Bertz CT molecular complexity index is 546. The minimum atomic E-state index is -0.177. The molecule has 0 saturated heterocycles. The second kappa shape index (κ2) is 10.7. The molecular weight excluding hydrogens is 310 g/mol. The molecule has 0 fully saturated rings. The van der Waals surface area contributed by atoms with Crippen LogP contribution in [-0.4, -0.2) is 23.5 Å². The first-order chi connectivity index (χ1) is 11.1. The smallest absolute Gasteiger partial charge is 0.253 e. The lowest BCUT2D eigenvalue weighted by molar-refractivity contribution is -0.119. The predicted octanol–water partition coefficient (Wildman–Crippen LogP) is 3.22. The Morgan fingerprint density at radius 2 is 1.83 bits per heavy atom. The van der Waals surface area contributed by atoms with Crippen molar-refractivity contribution in [2.75, 3.05) is 11.9 Å². The number of hydrogen-bond donors (Lipinski definition) is 3. The van der Waals surface area contributed by atoms with E-state index in [4.69, 9.17) is 12.2 Å². The zero-order chi connectivity index (χ0) is 17.1. The molecule has 0 bridgehead atoms. The monoisotopic (exact) mass is 335 g/mol. The van der Waals surface area contributed by atoms with Gasteiger partial charge in [0.1, 0.15) is 0 Å². The third-order valence-electron chi connectivity index (χ3n) is 3.27. The van der Waals surface area contributed by atoms with Gasteiger partial charge in [0.2, 0.25) is 5.91 Å². The molecule has 1 rings (SSSR count). The molecule has 0 aliphatic rings. The Labute approximate surface area is 143 Å². The fourth-order valence-corrected chi connectivity index (χ4v) is 2.32. The highest BCUT2D eigenvalue weighted by atomic mass is 32.1. The van der Waals surface area contributed by atoms with Gasteiger partial charge in [0.05, 0.1) is 11.3 Å². The molecule has 0 saturated carbocycles. The van der Waals surface area contributed by atoms with E-state index in [0.717, 1.165) is 25.7 Å². The summed E-state index contributed by atoms with van der Waals surface area (Å²) in [6, 6.07) is 7.05. The highest BCUT2D eigenvalue weighted by Crippen LogP contribution is 2.14. The summed E-state index contributed by atoms with van der Waals surface area (Å²) >= 11 is 5.15. The topological polar surface area (TPSA) is 70.2 Å². The standard InChI is InChI=1S/C17H25N3O2S/c1-3-5-6-7-12-15(21)20-17(23)19-14-11-9-8-10-13(14)16(22)18-4-2/h8-11H,3-7,12H2,1-2H3,(H,18,22)(H2,19,20,21,23). The van der Waals surface area contributed by atoms with Crippen LogP contribution in [0, 0.1) is 0 Å². The molecule has 126 valence electrons. The molecule has 0 atom stereocenters. The fraction of sp³-hybridized carbons (Fsp3) is 0.471. The zero-order valence-electron chi connectivity index (χ0n) is 13.8. The van der Waals surface area contributed by atoms with Crippen molar-refractivity contribution >= 4 is 34.8 Å². The lowest BCUT2D eigenvalue weighted by Crippen LogP contribution is -2.34. The van der Waals surface area contributed by atoms with Crippen LogP contribution in [-0.2, 0) is 4.79 Å². The second-order valence-corrected chi connectivity index (χ2v) is 5.63. The van der Waals surface area contributed by atoms with Gasteiger partial charge >= 0.3 is 0 Å². The lowest BCUT2D eigenvalue weighted by Gasteiger charge is -2.13. The van der Waals surface area contributed by atoms with E-state index < -0.39 is 0 Å². The molecular formula is C17H25N3O2S. The number of benzene rings is 1. The first-order valence-electron chi connectivity index (χ1n) is 8.06. The maximum atomic E-state index is 12.0. The maximum absolute atomic E-state index is 12.0. The number of rotatable bonds is 8. The Hall–Kier alpha value is -1.95. The van der Waals surface area contributed by atoms with Crippen LogP contribution in [0.4, 0.5) is 5.69 Å². The third-order valence-corrected chi connectivity index (χ3v) is 3.47. The van der Waals surface area contributed by atoms with Crippen LogP contribution in [0.5, 0.6) is 0 Å². The molecule has 23 heavy (non-hydrogen) atoms. The number of nitrogens with one attached hydrogen (secondary N) is 3. The van der Waals surface area contributed by atoms with Gasteiger partial charge in [-0.1, -0.05) is 38.3 Å². The van der Waals surface area contributed by atoms with Gasteiger partial charge in [-0.3, -0.25) is 9.59 Å². The quantitative estimate of drug-likeness (QED) is 0.504. The van der Waals surface area contributed by atoms with Gasteiger partial charge in [-0.25, -0.2) is 0 Å². The summed E-state index contributed by atoms with van der Waals surface area (Å²) in [6.45, 7) is 4.54. The number of anilines is 1. The SMILES string of the molecule is CCCCCCC(=O)NC(=S)Nc1ccccc1C(=O)NCC. The van der Waals surface area contributed by atoms with Gasteiger partial charge in [-0.05, 0) is 37.7 Å². The predicted molar refractivity (Wildman–Crippen MR) is 97.6 cm³/mol. The van der Waals surface area contributed by atoms with Crippen molar-refractivity contribution in [2.45, 2.75) is 46.0 Å². The van der Waals surface area contributed by atoms with Crippen molar-refractivity contribution in [1.29, 1.82) is 0 Å². The average Bonchev–Trinajstić information content (AvgIpc) is 2.52. The zero-order valence-corrected chi connectivity index (χ0v) is 14.6. The van der Waals surface area contributed by atoms with Crippen molar-refractivity contribution in [2.24, 2.45) is 0 Å². The highest BCUT2D eigenvalue weighted by Gasteiger charge is 2.11. The summed E-state index contributed by atoms with van der Waals surface area (Å²) in [5.41, 5.74) is 1.07. The maximum Gasteiger partial charge on any atom is 0.253 e. The van der Waals surface area contributed by atoms with Crippen LogP contribution in [0.25, 0.3) is 0 Å². The van der Waals surface area contributed by atoms with Gasteiger partial charge < -0.3 is 16.0 Å². The molecule has 5 nitrogen and oxygen atoms in total. The molecule has 6 heteroatoms. The molecule has 0 unspecified atom stereocenters. The number of amides is 2. The van der Waals surface area contributed by atoms with E-state index in [-0.39, 0.29) is 16.9 Å². The Morgan fingerprint density at radius 1 is 1.09 bits per heavy atom. The van der Waals surface area contributed by atoms with Crippen molar-refractivity contribution in [3.8, 4) is 0 Å². The van der Waals surface area contributed by atoms with Crippen LogP contribution in [0.2, 0.25) is 0 Å². The highest BCUT2D eigenvalue weighted by molar-refractivity contribution is 7.80. The van der Waals surface area contributed by atoms with Crippen molar-refractivity contribution in [1.82, 2.24) is 10.6 Å². The Kier molecular flexibility index (Phi) is 8.90. The normalized spacial score (nSPS) is 10.0. The van der Waals surface area contributed by atoms with Crippen molar-refractivity contribution in [3.05, 3.63) is 29.8 Å². The number of para-hydroxylation sites is 1. The van der Waals surface area contributed by atoms with Crippen LogP contribution >= 0.6 is 12.2 Å². The lowest BCUT2D eigenvalue weighted by atomic mass is 10.1. The van der Waals surface area contributed by atoms with Crippen LogP contribution in [0.1, 0.15) is 56.3 Å². The second-order valence-electron chi connectivity index (χ2n) is 5.22. The van der Waals surface area contributed by atoms with E-state index in [1.807, 2.05) is 6.92 Å². The van der Waals surface area contributed by atoms with E-state index in [1.165, 1.54) is 0 Å². The summed E-state index contributed by atoms with van der Waals surface area (Å²) < 4.78 is 0. The number of carbonyl (C=O) groups is 2. The van der Waals surface area contributed by atoms with Gasteiger partial charge in [0.15, 0.2) is 5.11 Å². The van der Waals surface area contributed by atoms with Gasteiger partial charge in [0, 0.05) is 13.0 Å². The summed E-state index contributed by atoms with van der Waals surface area (Å²) in [5.74, 6) is -0.279. The molecule has 2 amide bonds. The summed E-state index contributed by atoms with van der Waals surface area (Å²) in [7, 11) is 0. The molecule has 0 heterocycles. The first-order valence-corrected chi connectivity index (χ1v) is 8.47. The van der Waals surface area contributed by atoms with E-state index in [2.05, 4.69) is 22.9 Å². The van der Waals surface area contributed by atoms with Gasteiger partial charge in [-0.2, -0.15) is 0 Å². The van der Waals surface area contributed by atoms with Crippen molar-refractivity contribution < 1.29 is 9.59 Å². The van der Waals surface area contributed by atoms with Crippen LogP contribution < -0.4 is 16.0 Å². The Morgan fingerprint density at radius 3 is 2.52 bits per heavy atom. The molecule has 0 spiro atoms. The minimum absolute atomic E-state index is 0.103. The molecule has 0 aliphatic carbocycles. The third kappa shape index (κ3) is 7.23. The van der Waals surface area contributed by atoms with E-state index in [0.29, 0.717) is 24.2 Å². The van der Waals surface area contributed by atoms with E-state index in [1.54, 1.807) is 24.3 Å². The Balaban J connectivity index is 2.54. The molecule has 0 aromatic heterocycles. The fourth-order valence-electron chi connectivity index (χ4n) is 2.10. The molecule has 3 N–H and O–H groups in total. The number of hydrogen-bond acceptors (Lipinski definition) is 3. The average molecular weight is 335 g/mol. The largest absolute Gasteiger partial charge is 0.352 e. The first kappa shape index (κ1) is 19.1. The van der Waals surface area contributed by atoms with Crippen LogP contribution in [0.15, 0.2) is 24.3 Å². The molecule has 0 aliphatic heterocycles. The molecule has 1 aromatic rings. The molecule has 1 aromatic carbocycles. The van der Waals surface area contributed by atoms with Gasteiger partial charge in [0.25, 0.3) is 5.91 Å².